The summed E-state index contributed by atoms with van der Waals surface area (Å²) < 4.78 is 6.85. The summed E-state index contributed by atoms with van der Waals surface area (Å²) in [6, 6.07) is 10.1. The molecule has 0 saturated heterocycles. The lowest BCUT2D eigenvalue weighted by Crippen LogP contribution is -2.28. The topological polar surface area (TPSA) is 56.1 Å². The van der Waals surface area contributed by atoms with E-state index in [4.69, 9.17) is 4.74 Å². The standard InChI is InChI=1S/C15H19N3O2/c1-20-12-14(19)16-8-5-10-18-11-9-17-15(18)13-6-3-2-4-7-13/h2-4,6-7,9,11H,5,8,10,12H2,1H3,(H,16,19). The second-order valence-corrected chi connectivity index (χ2v) is 4.45. The van der Waals surface area contributed by atoms with Gasteiger partial charge in [-0.3, -0.25) is 4.79 Å². The summed E-state index contributed by atoms with van der Waals surface area (Å²) in [5.41, 5.74) is 1.10. The third-order valence-electron chi connectivity index (χ3n) is 2.92. The Balaban J connectivity index is 1.86. The maximum absolute atomic E-state index is 11.2. The summed E-state index contributed by atoms with van der Waals surface area (Å²) in [7, 11) is 1.51. The zero-order valence-electron chi connectivity index (χ0n) is 11.6. The van der Waals surface area contributed by atoms with E-state index in [1.54, 1.807) is 6.20 Å². The molecule has 1 aromatic heterocycles. The fourth-order valence-corrected chi connectivity index (χ4v) is 2.00. The van der Waals surface area contributed by atoms with E-state index in [0.717, 1.165) is 24.4 Å². The van der Waals surface area contributed by atoms with Crippen LogP contribution in [0.5, 0.6) is 0 Å². The third kappa shape index (κ3) is 3.93. The van der Waals surface area contributed by atoms with Crippen molar-refractivity contribution < 1.29 is 9.53 Å². The van der Waals surface area contributed by atoms with Gasteiger partial charge in [0, 0.05) is 38.2 Å². The summed E-state index contributed by atoms with van der Waals surface area (Å²) in [5, 5.41) is 2.81. The van der Waals surface area contributed by atoms with E-state index in [0.29, 0.717) is 6.54 Å². The van der Waals surface area contributed by atoms with E-state index in [1.165, 1.54) is 7.11 Å². The van der Waals surface area contributed by atoms with Crippen molar-refractivity contribution in [2.45, 2.75) is 13.0 Å². The van der Waals surface area contributed by atoms with Crippen molar-refractivity contribution in [1.82, 2.24) is 14.9 Å². The average molecular weight is 273 g/mol. The molecule has 5 heteroatoms. The molecule has 1 amide bonds. The van der Waals surface area contributed by atoms with Gasteiger partial charge in [0.2, 0.25) is 5.91 Å². The van der Waals surface area contributed by atoms with Crippen LogP contribution in [0.25, 0.3) is 11.4 Å². The number of aromatic nitrogens is 2. The van der Waals surface area contributed by atoms with E-state index < -0.39 is 0 Å². The van der Waals surface area contributed by atoms with Gasteiger partial charge in [0.25, 0.3) is 0 Å². The Hall–Kier alpha value is -2.14. The van der Waals surface area contributed by atoms with Gasteiger partial charge < -0.3 is 14.6 Å². The molecule has 1 heterocycles. The Kier molecular flexibility index (Phi) is 5.32. The minimum absolute atomic E-state index is 0.0820. The van der Waals surface area contributed by atoms with Crippen LogP contribution >= 0.6 is 0 Å². The molecule has 0 aliphatic carbocycles. The molecule has 0 bridgehead atoms. The first kappa shape index (κ1) is 14.3. The number of nitrogens with one attached hydrogen (secondary N) is 1. The van der Waals surface area contributed by atoms with Gasteiger partial charge in [-0.25, -0.2) is 4.98 Å². The van der Waals surface area contributed by atoms with Crippen molar-refractivity contribution in [3.8, 4) is 11.4 Å². The molecule has 2 rings (SSSR count). The molecule has 0 radical (unpaired) electrons. The lowest BCUT2D eigenvalue weighted by molar-refractivity contribution is -0.124. The van der Waals surface area contributed by atoms with E-state index in [-0.39, 0.29) is 12.5 Å². The van der Waals surface area contributed by atoms with Crippen LogP contribution in [0, 0.1) is 0 Å². The van der Waals surface area contributed by atoms with Gasteiger partial charge >= 0.3 is 0 Å². The van der Waals surface area contributed by atoms with Gasteiger partial charge in [0.15, 0.2) is 0 Å². The van der Waals surface area contributed by atoms with E-state index in [1.807, 2.05) is 36.5 Å². The van der Waals surface area contributed by atoms with Gasteiger partial charge in [0.1, 0.15) is 12.4 Å². The quantitative estimate of drug-likeness (QED) is 0.781. The van der Waals surface area contributed by atoms with E-state index >= 15 is 0 Å². The maximum Gasteiger partial charge on any atom is 0.245 e. The van der Waals surface area contributed by atoms with Gasteiger partial charge in [-0.05, 0) is 6.42 Å². The van der Waals surface area contributed by atoms with Crippen molar-refractivity contribution in [1.29, 1.82) is 0 Å². The lowest BCUT2D eigenvalue weighted by atomic mass is 10.2. The van der Waals surface area contributed by atoms with Crippen molar-refractivity contribution in [2.24, 2.45) is 0 Å². The fourth-order valence-electron chi connectivity index (χ4n) is 2.00. The number of hydrogen-bond donors (Lipinski definition) is 1. The van der Waals surface area contributed by atoms with Crippen LogP contribution < -0.4 is 5.32 Å². The zero-order valence-corrected chi connectivity index (χ0v) is 11.6. The monoisotopic (exact) mass is 273 g/mol. The highest BCUT2D eigenvalue weighted by Gasteiger charge is 2.05. The number of hydrogen-bond acceptors (Lipinski definition) is 3. The number of imidazole rings is 1. The number of rotatable bonds is 7. The number of carbonyl (C=O) groups excluding carboxylic acids is 1. The minimum Gasteiger partial charge on any atom is -0.375 e. The molecule has 0 aliphatic heterocycles. The molecule has 0 fully saturated rings. The highest BCUT2D eigenvalue weighted by molar-refractivity contribution is 5.77. The summed E-state index contributed by atoms with van der Waals surface area (Å²) >= 11 is 0. The van der Waals surface area contributed by atoms with Crippen LogP contribution in [-0.2, 0) is 16.1 Å². The predicted molar refractivity (Wildman–Crippen MR) is 77.2 cm³/mol. The molecule has 20 heavy (non-hydrogen) atoms. The Morgan fingerprint density at radius 2 is 2.15 bits per heavy atom. The van der Waals surface area contributed by atoms with Crippen molar-refractivity contribution >= 4 is 5.91 Å². The summed E-state index contributed by atoms with van der Waals surface area (Å²) in [4.78, 5) is 15.6. The van der Waals surface area contributed by atoms with Crippen LogP contribution in [0.3, 0.4) is 0 Å². The first-order valence-corrected chi connectivity index (χ1v) is 6.63. The van der Waals surface area contributed by atoms with E-state index in [2.05, 4.69) is 14.9 Å². The third-order valence-corrected chi connectivity index (χ3v) is 2.92. The zero-order chi connectivity index (χ0) is 14.2. The number of carbonyl (C=O) groups is 1. The number of amides is 1. The molecule has 1 aromatic carbocycles. The number of aryl methyl sites for hydroxylation is 1. The van der Waals surface area contributed by atoms with Crippen LogP contribution in [0.1, 0.15) is 6.42 Å². The molecular formula is C15H19N3O2. The normalized spacial score (nSPS) is 10.4. The molecular weight excluding hydrogens is 254 g/mol. The minimum atomic E-state index is -0.0820. The molecule has 5 nitrogen and oxygen atoms in total. The number of nitrogens with zero attached hydrogens (tertiary/aromatic N) is 2. The Morgan fingerprint density at radius 3 is 2.90 bits per heavy atom. The summed E-state index contributed by atoms with van der Waals surface area (Å²) in [6.07, 6.45) is 4.61. The van der Waals surface area contributed by atoms with Crippen LogP contribution in [-0.4, -0.2) is 35.7 Å². The fraction of sp³-hybridized carbons (Fsp3) is 0.333. The highest BCUT2D eigenvalue weighted by Crippen LogP contribution is 2.16. The molecule has 0 saturated carbocycles. The lowest BCUT2D eigenvalue weighted by Gasteiger charge is -2.08. The maximum atomic E-state index is 11.2. The second-order valence-electron chi connectivity index (χ2n) is 4.45. The predicted octanol–water partition coefficient (Wildman–Crippen LogP) is 1.70. The Bertz CT molecular complexity index is 537. The first-order chi connectivity index (χ1) is 9.81. The largest absolute Gasteiger partial charge is 0.375 e. The van der Waals surface area contributed by atoms with E-state index in [9.17, 15) is 4.79 Å². The second kappa shape index (κ2) is 7.45. The van der Waals surface area contributed by atoms with Gasteiger partial charge in [0.05, 0.1) is 0 Å². The smallest absolute Gasteiger partial charge is 0.245 e. The van der Waals surface area contributed by atoms with Crippen LogP contribution in [0.2, 0.25) is 0 Å². The number of ether oxygens (including phenoxy) is 1. The average Bonchev–Trinajstić information content (AvgIpc) is 2.93. The van der Waals surface area contributed by atoms with Gasteiger partial charge in [-0.1, -0.05) is 30.3 Å². The van der Waals surface area contributed by atoms with Crippen LogP contribution in [0.4, 0.5) is 0 Å². The summed E-state index contributed by atoms with van der Waals surface area (Å²) in [6.45, 7) is 1.56. The highest BCUT2D eigenvalue weighted by atomic mass is 16.5. The SMILES string of the molecule is COCC(=O)NCCCn1ccnc1-c1ccccc1. The number of methoxy groups -OCH3 is 1. The Morgan fingerprint density at radius 1 is 1.35 bits per heavy atom. The first-order valence-electron chi connectivity index (χ1n) is 6.63. The molecule has 1 N–H and O–H groups in total. The number of benzene rings is 1. The Labute approximate surface area is 118 Å². The van der Waals surface area contributed by atoms with Crippen molar-refractivity contribution in [3.05, 3.63) is 42.7 Å². The molecule has 0 atom stereocenters. The van der Waals surface area contributed by atoms with Crippen molar-refractivity contribution in [3.63, 3.8) is 0 Å². The molecule has 106 valence electrons. The molecule has 0 spiro atoms. The molecule has 0 unspecified atom stereocenters. The molecule has 2 aromatic rings. The van der Waals surface area contributed by atoms with Crippen molar-refractivity contribution in [2.75, 3.05) is 20.3 Å². The summed E-state index contributed by atoms with van der Waals surface area (Å²) in [5.74, 6) is 0.871. The van der Waals surface area contributed by atoms with Gasteiger partial charge in [-0.2, -0.15) is 0 Å². The molecule has 0 aliphatic rings. The van der Waals surface area contributed by atoms with Crippen LogP contribution in [0.15, 0.2) is 42.7 Å². The van der Waals surface area contributed by atoms with Gasteiger partial charge in [-0.15, -0.1) is 0 Å².